The number of benzene rings is 2. The highest BCUT2D eigenvalue weighted by Crippen LogP contribution is 2.44. The van der Waals surface area contributed by atoms with Gasteiger partial charge in [-0.15, -0.1) is 0 Å². The number of aliphatic carboxylic acids is 1. The van der Waals surface area contributed by atoms with E-state index in [2.05, 4.69) is 29.6 Å². The van der Waals surface area contributed by atoms with Gasteiger partial charge in [0.2, 0.25) is 5.91 Å². The molecule has 1 unspecified atom stereocenters. The molecule has 2 amide bonds. The molecule has 2 aromatic rings. The van der Waals surface area contributed by atoms with Crippen molar-refractivity contribution in [1.29, 1.82) is 0 Å². The van der Waals surface area contributed by atoms with Crippen LogP contribution in [0.1, 0.15) is 49.7 Å². The zero-order valence-electron chi connectivity index (χ0n) is 18.8. The van der Waals surface area contributed by atoms with Crippen molar-refractivity contribution in [3.05, 3.63) is 59.7 Å². The van der Waals surface area contributed by atoms with E-state index < -0.39 is 12.1 Å². The van der Waals surface area contributed by atoms with E-state index >= 15 is 0 Å². The first-order valence-electron chi connectivity index (χ1n) is 11.5. The van der Waals surface area contributed by atoms with Crippen LogP contribution in [-0.4, -0.2) is 53.7 Å². The number of nitrogens with one attached hydrogen (secondary N) is 1. The Kier molecular flexibility index (Phi) is 6.96. The number of carboxylic acids is 1. The maximum Gasteiger partial charge on any atom is 0.407 e. The molecular formula is C26H30N2O5. The molecule has 7 nitrogen and oxygen atoms in total. The molecule has 1 fully saturated rings. The highest BCUT2D eigenvalue weighted by molar-refractivity contribution is 5.80. The largest absolute Gasteiger partial charge is 0.481 e. The van der Waals surface area contributed by atoms with Gasteiger partial charge in [0.05, 0.1) is 0 Å². The van der Waals surface area contributed by atoms with Crippen LogP contribution in [0.5, 0.6) is 0 Å². The van der Waals surface area contributed by atoms with Crippen molar-refractivity contribution in [3.8, 4) is 11.1 Å². The minimum atomic E-state index is -0.834. The lowest BCUT2D eigenvalue weighted by atomic mass is 9.94. The molecule has 0 aromatic heterocycles. The van der Waals surface area contributed by atoms with E-state index in [-0.39, 0.29) is 43.2 Å². The number of amides is 2. The molecule has 1 aliphatic carbocycles. The van der Waals surface area contributed by atoms with Gasteiger partial charge in [0.1, 0.15) is 6.61 Å². The van der Waals surface area contributed by atoms with E-state index in [1.165, 1.54) is 11.1 Å². The monoisotopic (exact) mass is 450 g/mol. The number of carbonyl (C=O) groups excluding carboxylic acids is 2. The number of nitrogens with zero attached hydrogens (tertiary/aromatic N) is 1. The van der Waals surface area contributed by atoms with Gasteiger partial charge < -0.3 is 20.1 Å². The molecule has 0 radical (unpaired) electrons. The third kappa shape index (κ3) is 5.35. The van der Waals surface area contributed by atoms with Crippen LogP contribution in [0.15, 0.2) is 48.5 Å². The Labute approximate surface area is 193 Å². The van der Waals surface area contributed by atoms with Crippen molar-refractivity contribution in [3.63, 3.8) is 0 Å². The smallest absolute Gasteiger partial charge is 0.407 e. The van der Waals surface area contributed by atoms with E-state index in [1.807, 2.05) is 24.3 Å². The summed E-state index contributed by atoms with van der Waals surface area (Å²) in [6.07, 6.45) is 1.32. The molecule has 1 heterocycles. The fraction of sp³-hybridized carbons (Fsp3) is 0.423. The van der Waals surface area contributed by atoms with E-state index in [1.54, 1.807) is 11.8 Å². The van der Waals surface area contributed by atoms with Gasteiger partial charge in [-0.1, -0.05) is 48.5 Å². The molecular weight excluding hydrogens is 420 g/mol. The minimum Gasteiger partial charge on any atom is -0.481 e. The van der Waals surface area contributed by atoms with Crippen LogP contribution in [0.2, 0.25) is 0 Å². The summed E-state index contributed by atoms with van der Waals surface area (Å²) >= 11 is 0. The van der Waals surface area contributed by atoms with Crippen molar-refractivity contribution in [2.75, 3.05) is 19.7 Å². The number of fused-ring (bicyclic) bond motifs is 3. The molecule has 1 aliphatic heterocycles. The summed E-state index contributed by atoms with van der Waals surface area (Å²) in [5.74, 6) is -0.929. The zero-order chi connectivity index (χ0) is 23.4. The van der Waals surface area contributed by atoms with Gasteiger partial charge in [-0.2, -0.15) is 0 Å². The highest BCUT2D eigenvalue weighted by Gasteiger charge is 2.30. The third-order valence-electron chi connectivity index (χ3n) is 6.52. The maximum atomic E-state index is 12.6. The molecule has 1 saturated heterocycles. The van der Waals surface area contributed by atoms with E-state index in [9.17, 15) is 14.4 Å². The normalized spacial score (nSPS) is 18.2. The Bertz CT molecular complexity index is 991. The summed E-state index contributed by atoms with van der Waals surface area (Å²) in [6, 6.07) is 15.9. The second-order valence-corrected chi connectivity index (χ2v) is 9.02. The van der Waals surface area contributed by atoms with Crippen LogP contribution in [0.3, 0.4) is 0 Å². The minimum absolute atomic E-state index is 0.00871. The Morgan fingerprint density at radius 3 is 2.36 bits per heavy atom. The van der Waals surface area contributed by atoms with Crippen molar-refractivity contribution >= 4 is 18.0 Å². The third-order valence-corrected chi connectivity index (χ3v) is 6.52. The average Bonchev–Trinajstić information content (AvgIpc) is 3.11. The molecule has 2 aromatic carbocycles. The Hall–Kier alpha value is -3.35. The van der Waals surface area contributed by atoms with Gasteiger partial charge in [0, 0.05) is 37.9 Å². The van der Waals surface area contributed by atoms with Gasteiger partial charge in [-0.3, -0.25) is 9.59 Å². The first-order valence-corrected chi connectivity index (χ1v) is 11.5. The number of ether oxygens (including phenoxy) is 1. The lowest BCUT2D eigenvalue weighted by Crippen LogP contribution is -2.44. The van der Waals surface area contributed by atoms with Gasteiger partial charge in [-0.25, -0.2) is 4.79 Å². The molecule has 174 valence electrons. The maximum absolute atomic E-state index is 12.6. The number of likely N-dealkylation sites (tertiary alicyclic amines) is 1. The van der Waals surface area contributed by atoms with Crippen LogP contribution in [0.25, 0.3) is 11.1 Å². The van der Waals surface area contributed by atoms with Crippen molar-refractivity contribution in [2.45, 2.75) is 44.6 Å². The predicted octanol–water partition coefficient (Wildman–Crippen LogP) is 4.02. The number of hydrogen-bond acceptors (Lipinski definition) is 4. The number of alkyl carbamates (subject to hydrolysis) is 1. The quantitative estimate of drug-likeness (QED) is 0.664. The van der Waals surface area contributed by atoms with Crippen LogP contribution in [-0.2, 0) is 14.3 Å². The summed E-state index contributed by atoms with van der Waals surface area (Å²) < 4.78 is 5.56. The number of carboxylic acid groups (broad SMARTS) is 1. The molecule has 7 heteroatoms. The Morgan fingerprint density at radius 2 is 1.73 bits per heavy atom. The molecule has 33 heavy (non-hydrogen) atoms. The zero-order valence-corrected chi connectivity index (χ0v) is 18.8. The van der Waals surface area contributed by atoms with E-state index in [0.717, 1.165) is 24.0 Å². The van der Waals surface area contributed by atoms with Crippen LogP contribution >= 0.6 is 0 Å². The summed E-state index contributed by atoms with van der Waals surface area (Å²) in [7, 11) is 0. The van der Waals surface area contributed by atoms with E-state index in [0.29, 0.717) is 13.1 Å². The van der Waals surface area contributed by atoms with Crippen LogP contribution in [0, 0.1) is 5.92 Å². The summed E-state index contributed by atoms with van der Waals surface area (Å²) in [5.41, 5.74) is 4.64. The van der Waals surface area contributed by atoms with Crippen molar-refractivity contribution in [1.82, 2.24) is 10.2 Å². The summed E-state index contributed by atoms with van der Waals surface area (Å²) in [4.78, 5) is 37.8. The van der Waals surface area contributed by atoms with Crippen molar-refractivity contribution < 1.29 is 24.2 Å². The second-order valence-electron chi connectivity index (χ2n) is 9.02. The fourth-order valence-electron chi connectivity index (χ4n) is 4.99. The standard InChI is InChI=1S/C26H30N2O5/c1-17(13-24(29)28-12-6-7-18(15-28)14-25(30)31)27-26(32)33-16-23-21-10-4-2-8-19(21)20-9-3-5-11-22(20)23/h2-5,8-11,17-18,23H,6-7,12-16H2,1H3,(H,27,32)(H,30,31)/t17-,18?/m0/s1. The fourth-order valence-corrected chi connectivity index (χ4v) is 4.99. The van der Waals surface area contributed by atoms with Crippen LogP contribution < -0.4 is 5.32 Å². The first-order chi connectivity index (χ1) is 15.9. The lowest BCUT2D eigenvalue weighted by Gasteiger charge is -2.32. The molecule has 0 saturated carbocycles. The Balaban J connectivity index is 1.28. The van der Waals surface area contributed by atoms with Gasteiger partial charge in [0.25, 0.3) is 0 Å². The van der Waals surface area contributed by atoms with Gasteiger partial charge in [0.15, 0.2) is 0 Å². The van der Waals surface area contributed by atoms with Gasteiger partial charge in [-0.05, 0) is 47.9 Å². The molecule has 4 rings (SSSR count). The average molecular weight is 451 g/mol. The van der Waals surface area contributed by atoms with Crippen LogP contribution in [0.4, 0.5) is 4.79 Å². The number of carbonyl (C=O) groups is 3. The SMILES string of the molecule is C[C@@H](CC(=O)N1CCCC(CC(=O)O)C1)NC(=O)OCC1c2ccccc2-c2ccccc21. The molecule has 0 spiro atoms. The number of hydrogen-bond donors (Lipinski definition) is 2. The summed E-state index contributed by atoms with van der Waals surface area (Å²) in [6.45, 7) is 3.09. The second kappa shape index (κ2) is 10.1. The number of piperidine rings is 1. The van der Waals surface area contributed by atoms with Gasteiger partial charge >= 0.3 is 12.1 Å². The predicted molar refractivity (Wildman–Crippen MR) is 124 cm³/mol. The topological polar surface area (TPSA) is 95.9 Å². The van der Waals surface area contributed by atoms with Crippen molar-refractivity contribution in [2.24, 2.45) is 5.92 Å². The molecule has 2 N–H and O–H groups in total. The number of rotatable bonds is 7. The Morgan fingerprint density at radius 1 is 1.09 bits per heavy atom. The lowest BCUT2D eigenvalue weighted by molar-refractivity contribution is -0.140. The first kappa shape index (κ1) is 22.8. The highest BCUT2D eigenvalue weighted by atomic mass is 16.5. The van der Waals surface area contributed by atoms with E-state index in [4.69, 9.17) is 9.84 Å². The molecule has 0 bridgehead atoms. The molecule has 2 aliphatic rings. The molecule has 2 atom stereocenters. The summed E-state index contributed by atoms with van der Waals surface area (Å²) in [5, 5.41) is 11.8.